The van der Waals surface area contributed by atoms with Crippen molar-refractivity contribution < 1.29 is 28.2 Å². The molecule has 1 aromatic rings. The molecule has 2 aliphatic rings. The monoisotopic (exact) mass is 530 g/mol. The van der Waals surface area contributed by atoms with E-state index in [0.717, 1.165) is 43.4 Å². The second-order valence-corrected chi connectivity index (χ2v) is 11.3. The SMILES string of the molecule is C=C(C)C(=O)OCCCCOc1ccc(C(=O)OC2CCC(C3CCC(CCCCC)CC3)CC2)c(F)c1. The third-order valence-electron chi connectivity index (χ3n) is 8.32. The minimum Gasteiger partial charge on any atom is -0.493 e. The molecule has 0 spiro atoms. The van der Waals surface area contributed by atoms with Gasteiger partial charge in [0.1, 0.15) is 17.7 Å². The van der Waals surface area contributed by atoms with Gasteiger partial charge in [0.25, 0.3) is 0 Å². The van der Waals surface area contributed by atoms with E-state index in [-0.39, 0.29) is 18.3 Å². The molecule has 0 atom stereocenters. The van der Waals surface area contributed by atoms with Crippen LogP contribution in [0, 0.1) is 23.6 Å². The van der Waals surface area contributed by atoms with Crippen molar-refractivity contribution in [3.8, 4) is 5.75 Å². The number of hydrogen-bond donors (Lipinski definition) is 0. The van der Waals surface area contributed by atoms with E-state index in [9.17, 15) is 14.0 Å². The first-order valence-corrected chi connectivity index (χ1v) is 14.8. The first kappa shape index (κ1) is 30.2. The number of hydrogen-bond acceptors (Lipinski definition) is 5. The molecule has 3 rings (SSSR count). The molecule has 0 aliphatic heterocycles. The number of carbonyl (C=O) groups is 2. The Morgan fingerprint density at radius 1 is 0.921 bits per heavy atom. The molecule has 2 aliphatic carbocycles. The molecule has 6 heteroatoms. The lowest BCUT2D eigenvalue weighted by atomic mass is 9.70. The molecule has 1 aromatic carbocycles. The van der Waals surface area contributed by atoms with Crippen LogP contribution in [0.15, 0.2) is 30.4 Å². The van der Waals surface area contributed by atoms with E-state index in [0.29, 0.717) is 30.8 Å². The molecule has 0 amide bonds. The number of ether oxygens (including phenoxy) is 3. The van der Waals surface area contributed by atoms with Gasteiger partial charge in [0.15, 0.2) is 0 Å². The van der Waals surface area contributed by atoms with Gasteiger partial charge in [-0.15, -0.1) is 0 Å². The number of benzene rings is 1. The molecule has 0 heterocycles. The summed E-state index contributed by atoms with van der Waals surface area (Å²) in [6, 6.07) is 4.26. The molecule has 0 bridgehead atoms. The topological polar surface area (TPSA) is 61.8 Å². The van der Waals surface area contributed by atoms with Crippen molar-refractivity contribution in [3.63, 3.8) is 0 Å². The number of rotatable bonds is 14. The minimum atomic E-state index is -0.632. The highest BCUT2D eigenvalue weighted by Crippen LogP contribution is 2.41. The molecule has 0 unspecified atom stereocenters. The van der Waals surface area contributed by atoms with Gasteiger partial charge in [-0.2, -0.15) is 0 Å². The number of esters is 2. The zero-order valence-corrected chi connectivity index (χ0v) is 23.5. The lowest BCUT2D eigenvalue weighted by Crippen LogP contribution is -2.30. The highest BCUT2D eigenvalue weighted by atomic mass is 19.1. The zero-order valence-electron chi connectivity index (χ0n) is 23.5. The van der Waals surface area contributed by atoms with Crippen LogP contribution >= 0.6 is 0 Å². The molecule has 0 radical (unpaired) electrons. The fourth-order valence-corrected chi connectivity index (χ4v) is 5.96. The summed E-state index contributed by atoms with van der Waals surface area (Å²) in [5, 5.41) is 0. The summed E-state index contributed by atoms with van der Waals surface area (Å²) in [7, 11) is 0. The summed E-state index contributed by atoms with van der Waals surface area (Å²) in [6.45, 7) is 8.05. The Hall–Kier alpha value is -2.37. The standard InChI is InChI=1S/C32H47FO5/c1-4-5-6-9-24-10-12-25(13-11-24)26-14-16-27(17-15-26)38-32(35)29-19-18-28(22-30(29)33)36-20-7-8-21-37-31(34)23(2)3/h18-19,22,24-27H,2,4-17,20-21H2,1,3H3. The van der Waals surface area contributed by atoms with Gasteiger partial charge in [-0.1, -0.05) is 52.0 Å². The molecule has 2 saturated carbocycles. The van der Waals surface area contributed by atoms with E-state index < -0.39 is 17.8 Å². The minimum absolute atomic E-state index is 0.0485. The zero-order chi connectivity index (χ0) is 27.3. The highest BCUT2D eigenvalue weighted by molar-refractivity contribution is 5.90. The Kier molecular flexibility index (Phi) is 12.6. The molecule has 0 N–H and O–H groups in total. The van der Waals surface area contributed by atoms with Gasteiger partial charge in [-0.3, -0.25) is 0 Å². The summed E-state index contributed by atoms with van der Waals surface area (Å²) in [5.41, 5.74) is 0.320. The third-order valence-corrected chi connectivity index (χ3v) is 8.32. The van der Waals surface area contributed by atoms with Gasteiger partial charge >= 0.3 is 11.9 Å². The lowest BCUT2D eigenvalue weighted by Gasteiger charge is -2.37. The predicted molar refractivity (Wildman–Crippen MR) is 148 cm³/mol. The number of carbonyl (C=O) groups excluding carboxylic acids is 2. The predicted octanol–water partition coefficient (Wildman–Crippen LogP) is 8.21. The van der Waals surface area contributed by atoms with E-state index in [4.69, 9.17) is 14.2 Å². The van der Waals surface area contributed by atoms with Crippen LogP contribution < -0.4 is 4.74 Å². The van der Waals surface area contributed by atoms with Crippen molar-refractivity contribution in [2.45, 2.75) is 110 Å². The first-order valence-electron chi connectivity index (χ1n) is 14.8. The van der Waals surface area contributed by atoms with Gasteiger partial charge in [0, 0.05) is 11.6 Å². The van der Waals surface area contributed by atoms with Gasteiger partial charge in [0.2, 0.25) is 0 Å². The van der Waals surface area contributed by atoms with Crippen molar-refractivity contribution >= 4 is 11.9 Å². The maximum atomic E-state index is 14.6. The summed E-state index contributed by atoms with van der Waals surface area (Å²) >= 11 is 0. The molecular weight excluding hydrogens is 483 g/mol. The summed E-state index contributed by atoms with van der Waals surface area (Å²) < 4.78 is 30.9. The number of unbranched alkanes of at least 4 members (excludes halogenated alkanes) is 3. The van der Waals surface area contributed by atoms with E-state index in [1.54, 1.807) is 13.0 Å². The van der Waals surface area contributed by atoms with E-state index in [2.05, 4.69) is 13.5 Å². The van der Waals surface area contributed by atoms with Crippen LogP contribution in [0.2, 0.25) is 0 Å². The van der Waals surface area contributed by atoms with Crippen molar-refractivity contribution in [1.29, 1.82) is 0 Å². The maximum absolute atomic E-state index is 14.6. The van der Waals surface area contributed by atoms with E-state index in [1.807, 2.05) is 0 Å². The van der Waals surface area contributed by atoms with Crippen molar-refractivity contribution in [2.75, 3.05) is 13.2 Å². The molecule has 5 nitrogen and oxygen atoms in total. The second kappa shape index (κ2) is 15.9. The summed E-state index contributed by atoms with van der Waals surface area (Å²) in [5.74, 6) is 1.23. The Bertz CT molecular complexity index is 897. The Morgan fingerprint density at radius 3 is 2.21 bits per heavy atom. The largest absolute Gasteiger partial charge is 0.493 e. The van der Waals surface area contributed by atoms with Crippen molar-refractivity contribution in [1.82, 2.24) is 0 Å². The Labute approximate surface area is 228 Å². The molecular formula is C32H47FO5. The van der Waals surface area contributed by atoms with Gasteiger partial charge in [-0.25, -0.2) is 14.0 Å². The van der Waals surface area contributed by atoms with Crippen molar-refractivity contribution in [3.05, 3.63) is 41.7 Å². The van der Waals surface area contributed by atoms with Crippen molar-refractivity contribution in [2.24, 2.45) is 17.8 Å². The molecule has 2 fully saturated rings. The number of halogens is 1. The van der Waals surface area contributed by atoms with Crippen LogP contribution in [0.25, 0.3) is 0 Å². The van der Waals surface area contributed by atoms with Crippen LogP contribution in [0.3, 0.4) is 0 Å². The summed E-state index contributed by atoms with van der Waals surface area (Å²) in [4.78, 5) is 24.0. The molecule has 38 heavy (non-hydrogen) atoms. The van der Waals surface area contributed by atoms with E-state index in [1.165, 1.54) is 63.5 Å². The van der Waals surface area contributed by atoms with Crippen LogP contribution in [-0.2, 0) is 14.3 Å². The Balaban J connectivity index is 1.33. The maximum Gasteiger partial charge on any atom is 0.341 e. The highest BCUT2D eigenvalue weighted by Gasteiger charge is 2.32. The lowest BCUT2D eigenvalue weighted by molar-refractivity contribution is -0.139. The van der Waals surface area contributed by atoms with Crippen LogP contribution in [0.1, 0.15) is 114 Å². The quantitative estimate of drug-likeness (QED) is 0.138. The van der Waals surface area contributed by atoms with Gasteiger partial charge in [0.05, 0.1) is 18.8 Å². The third kappa shape index (κ3) is 9.74. The van der Waals surface area contributed by atoms with Crippen LogP contribution in [0.5, 0.6) is 5.75 Å². The molecule has 0 saturated heterocycles. The van der Waals surface area contributed by atoms with Gasteiger partial charge in [-0.05, 0) is 88.2 Å². The van der Waals surface area contributed by atoms with Crippen LogP contribution in [0.4, 0.5) is 4.39 Å². The Morgan fingerprint density at radius 2 is 1.58 bits per heavy atom. The fraction of sp³-hybridized carbons (Fsp3) is 0.688. The smallest absolute Gasteiger partial charge is 0.341 e. The van der Waals surface area contributed by atoms with Gasteiger partial charge < -0.3 is 14.2 Å². The fourth-order valence-electron chi connectivity index (χ4n) is 5.96. The second-order valence-electron chi connectivity index (χ2n) is 11.3. The normalized spacial score (nSPS) is 23.4. The molecule has 0 aromatic heterocycles. The first-order chi connectivity index (χ1) is 18.4. The van der Waals surface area contributed by atoms with E-state index >= 15 is 0 Å². The average molecular weight is 531 g/mol. The average Bonchev–Trinajstić information content (AvgIpc) is 2.91. The summed E-state index contributed by atoms with van der Waals surface area (Å²) in [6.07, 6.45) is 16.0. The molecule has 212 valence electrons. The van der Waals surface area contributed by atoms with Crippen LogP contribution in [-0.4, -0.2) is 31.3 Å².